The molecule has 0 fully saturated rings. The zero-order valence-electron chi connectivity index (χ0n) is 28.5. The first-order valence-electron chi connectivity index (χ1n) is 15.5. The van der Waals surface area contributed by atoms with E-state index in [-0.39, 0.29) is 45.6 Å². The highest BCUT2D eigenvalue weighted by molar-refractivity contribution is 14.1. The molecule has 2 N–H and O–H groups in total. The minimum Gasteiger partial charge on any atom is -0.480 e. The first kappa shape index (κ1) is 38.0. The molecule has 0 saturated heterocycles. The van der Waals surface area contributed by atoms with Gasteiger partial charge < -0.3 is 29.0 Å². The van der Waals surface area contributed by atoms with Gasteiger partial charge in [-0.25, -0.2) is 27.7 Å². The molecule has 5 rings (SSSR count). The van der Waals surface area contributed by atoms with Gasteiger partial charge in [0.25, 0.3) is 11.3 Å². The summed E-state index contributed by atoms with van der Waals surface area (Å²) in [7, 11) is 0. The monoisotopic (exact) mass is 837 g/mol. The van der Waals surface area contributed by atoms with E-state index in [9.17, 15) is 43.0 Å². The molecule has 0 atom stereocenters. The van der Waals surface area contributed by atoms with Crippen molar-refractivity contribution in [2.24, 2.45) is 0 Å². The van der Waals surface area contributed by atoms with Crippen LogP contribution in [-0.4, -0.2) is 63.0 Å². The van der Waals surface area contributed by atoms with E-state index in [1.165, 1.54) is 18.3 Å². The van der Waals surface area contributed by atoms with Gasteiger partial charge in [0.15, 0.2) is 11.4 Å². The summed E-state index contributed by atoms with van der Waals surface area (Å²) in [4.78, 5) is 71.5. The van der Waals surface area contributed by atoms with Crippen molar-refractivity contribution in [3.05, 3.63) is 74.9 Å². The molecular formula is C35H31F3IN3O10. The number of hydrogen-bond donors (Lipinski definition) is 2. The summed E-state index contributed by atoms with van der Waals surface area (Å²) < 4.78 is 62.9. The Morgan fingerprint density at radius 1 is 0.904 bits per heavy atom. The van der Waals surface area contributed by atoms with E-state index in [2.05, 4.69) is 4.98 Å². The van der Waals surface area contributed by atoms with E-state index >= 15 is 4.39 Å². The molecule has 13 nitrogen and oxygen atoms in total. The molecular weight excluding hydrogens is 806 g/mol. The van der Waals surface area contributed by atoms with Crippen LogP contribution in [0.3, 0.4) is 0 Å². The fourth-order valence-corrected chi connectivity index (χ4v) is 6.24. The first-order chi connectivity index (χ1) is 24.1. The highest BCUT2D eigenvalue weighted by Gasteiger charge is 2.59. The predicted molar refractivity (Wildman–Crippen MR) is 186 cm³/mol. The van der Waals surface area contributed by atoms with Crippen LogP contribution in [0.2, 0.25) is 0 Å². The Labute approximate surface area is 307 Å². The lowest BCUT2D eigenvalue weighted by Crippen LogP contribution is -2.57. The van der Waals surface area contributed by atoms with Crippen LogP contribution >= 0.6 is 22.6 Å². The lowest BCUT2D eigenvalue weighted by Gasteiger charge is -2.30. The number of hydrogen-bond acceptors (Lipinski definition) is 9. The number of rotatable bonds is 6. The number of pyridine rings is 1. The third kappa shape index (κ3) is 6.64. The maximum absolute atomic E-state index is 16.6. The summed E-state index contributed by atoms with van der Waals surface area (Å²) in [6.45, 7) is 9.07. The van der Waals surface area contributed by atoms with Gasteiger partial charge in [-0.15, -0.1) is 0 Å². The van der Waals surface area contributed by atoms with E-state index in [1.54, 1.807) is 41.5 Å². The number of carboxylic acids is 2. The van der Waals surface area contributed by atoms with Crippen LogP contribution in [0.15, 0.2) is 47.2 Å². The normalized spacial score (nSPS) is 13.2. The lowest BCUT2D eigenvalue weighted by atomic mass is 9.78. The number of aliphatic carboxylic acids is 2. The maximum Gasteiger partial charge on any atom is 0.425 e. The highest BCUT2D eigenvalue weighted by Crippen LogP contribution is 2.44. The molecule has 0 unspecified atom stereocenters. The van der Waals surface area contributed by atoms with Crippen molar-refractivity contribution < 1.29 is 61.2 Å². The van der Waals surface area contributed by atoms with Gasteiger partial charge in [-0.2, -0.15) is 4.90 Å². The van der Waals surface area contributed by atoms with Gasteiger partial charge in [-0.1, -0.05) is 0 Å². The number of ether oxygens (including phenoxy) is 2. The number of anilines is 2. The number of furan rings is 1. The van der Waals surface area contributed by atoms with Crippen molar-refractivity contribution in [2.75, 3.05) is 16.3 Å². The number of carboxylic acid groups (broad SMARTS) is 2. The zero-order chi connectivity index (χ0) is 38.7. The van der Waals surface area contributed by atoms with Crippen LogP contribution in [0.5, 0.6) is 0 Å². The highest BCUT2D eigenvalue weighted by atomic mass is 127. The number of carbonyl (C=O) groups excluding carboxylic acids is 3. The molecule has 0 bridgehead atoms. The first-order valence-corrected chi connectivity index (χ1v) is 16.6. The Bertz CT molecular complexity index is 2130. The van der Waals surface area contributed by atoms with Crippen LogP contribution < -0.4 is 9.80 Å². The van der Waals surface area contributed by atoms with Gasteiger partial charge in [0.2, 0.25) is 0 Å². The van der Waals surface area contributed by atoms with Gasteiger partial charge in [0.1, 0.15) is 28.7 Å². The molecule has 3 heterocycles. The number of carbonyl (C=O) groups is 5. The minimum atomic E-state index is -3.63. The second kappa shape index (κ2) is 13.4. The number of halogens is 4. The fourth-order valence-electron chi connectivity index (χ4n) is 5.70. The van der Waals surface area contributed by atoms with Crippen molar-refractivity contribution in [1.82, 2.24) is 4.98 Å². The molecule has 0 aliphatic carbocycles. The van der Waals surface area contributed by atoms with Crippen LogP contribution in [0.1, 0.15) is 52.7 Å². The van der Waals surface area contributed by atoms with E-state index in [0.717, 1.165) is 6.26 Å². The van der Waals surface area contributed by atoms with Gasteiger partial charge in [0, 0.05) is 40.7 Å². The van der Waals surface area contributed by atoms with Crippen molar-refractivity contribution in [3.63, 3.8) is 0 Å². The SMILES string of the molecule is CC(C)(C)OC(=O)N(C(=O)OC(C)(C)C)c1ncc(I)c2occ(-c3ccc4c(c3F)CCN4C(=O)C(C(=O)O)(C(=O)O)c3cc(F)ccc3F)c12. The van der Waals surface area contributed by atoms with E-state index < -0.39 is 76.2 Å². The molecule has 0 radical (unpaired) electrons. The predicted octanol–water partition coefficient (Wildman–Crippen LogP) is 7.19. The summed E-state index contributed by atoms with van der Waals surface area (Å²) in [6, 6.07) is 3.83. The molecule has 1 aliphatic heterocycles. The van der Waals surface area contributed by atoms with Gasteiger partial charge in [0.05, 0.1) is 15.2 Å². The fraction of sp³-hybridized carbons (Fsp3) is 0.314. The number of amides is 3. The second-order valence-corrected chi connectivity index (χ2v) is 14.9. The molecule has 52 heavy (non-hydrogen) atoms. The molecule has 2 aromatic carbocycles. The summed E-state index contributed by atoms with van der Waals surface area (Å²) in [5.41, 5.74) is -7.42. The van der Waals surface area contributed by atoms with E-state index in [4.69, 9.17) is 13.9 Å². The third-order valence-corrected chi connectivity index (χ3v) is 8.59. The Morgan fingerprint density at radius 2 is 1.50 bits per heavy atom. The van der Waals surface area contributed by atoms with Crippen LogP contribution in [0.4, 0.5) is 34.3 Å². The molecule has 1 aliphatic rings. The van der Waals surface area contributed by atoms with Crippen LogP contribution in [0.25, 0.3) is 22.1 Å². The molecule has 4 aromatic rings. The Morgan fingerprint density at radius 3 is 2.06 bits per heavy atom. The molecule has 0 saturated carbocycles. The second-order valence-electron chi connectivity index (χ2n) is 13.7. The average molecular weight is 838 g/mol. The van der Waals surface area contributed by atoms with Crippen LogP contribution in [0, 0.1) is 21.0 Å². The summed E-state index contributed by atoms with van der Waals surface area (Å²) >= 11 is 1.89. The Kier molecular flexibility index (Phi) is 9.81. The largest absolute Gasteiger partial charge is 0.480 e. The Hall–Kier alpha value is -5.20. The van der Waals surface area contributed by atoms with Gasteiger partial charge in [-0.3, -0.25) is 14.4 Å². The summed E-state index contributed by atoms with van der Waals surface area (Å²) in [5, 5.41) is 20.2. The van der Waals surface area contributed by atoms with E-state index in [0.29, 0.717) is 31.6 Å². The van der Waals surface area contributed by atoms with Crippen molar-refractivity contribution in [2.45, 2.75) is 64.6 Å². The molecule has 0 spiro atoms. The maximum atomic E-state index is 16.6. The van der Waals surface area contributed by atoms with Gasteiger partial charge >= 0.3 is 24.1 Å². The number of aromatic nitrogens is 1. The lowest BCUT2D eigenvalue weighted by molar-refractivity contribution is -0.161. The average Bonchev–Trinajstić information content (AvgIpc) is 3.65. The van der Waals surface area contributed by atoms with Crippen molar-refractivity contribution >= 4 is 75.1 Å². The quantitative estimate of drug-likeness (QED) is 0.149. The number of imide groups is 1. The van der Waals surface area contributed by atoms with Crippen molar-refractivity contribution in [1.29, 1.82) is 0 Å². The minimum absolute atomic E-state index is 0.00506. The standard InChI is InChI=1S/C35H31F3IN3O10/c1-33(2,3)51-31(48)42(32(49)52-34(4,5)6)27-24-19(15-50-26(24)22(39)14-40-27)17-8-10-23-18(25(17)38)11-12-41(23)28(43)35(29(44)45,30(46)47)20-13-16(36)7-9-21(20)37/h7-10,13-15H,11-12H2,1-6H3,(H,44,45)(H,46,47). The number of benzene rings is 2. The third-order valence-electron chi connectivity index (χ3n) is 7.82. The van der Waals surface area contributed by atoms with E-state index in [1.807, 2.05) is 22.6 Å². The smallest absolute Gasteiger partial charge is 0.425 e. The molecule has 2 aromatic heterocycles. The summed E-state index contributed by atoms with van der Waals surface area (Å²) in [5.74, 6) is -10.2. The topological polar surface area (TPSA) is 177 Å². The molecule has 274 valence electrons. The number of nitrogens with zero attached hydrogens (tertiary/aromatic N) is 3. The Balaban J connectivity index is 1.67. The summed E-state index contributed by atoms with van der Waals surface area (Å²) in [6.07, 6.45) is -0.0725. The molecule has 3 amide bonds. The molecule has 17 heteroatoms. The van der Waals surface area contributed by atoms with Crippen molar-refractivity contribution in [3.8, 4) is 11.1 Å². The van der Waals surface area contributed by atoms with Gasteiger partial charge in [-0.05, 0) is 101 Å². The zero-order valence-corrected chi connectivity index (χ0v) is 30.6. The van der Waals surface area contributed by atoms with Crippen LogP contribution in [-0.2, 0) is 35.7 Å². The number of fused-ring (bicyclic) bond motifs is 2.